The van der Waals surface area contributed by atoms with Crippen LogP contribution in [0, 0.1) is 0 Å². The van der Waals surface area contributed by atoms with Gasteiger partial charge in [-0.15, -0.1) is 5.10 Å². The molecule has 1 saturated heterocycles. The second-order valence-corrected chi connectivity index (χ2v) is 10.1. The fourth-order valence-electron chi connectivity index (χ4n) is 4.88. The van der Waals surface area contributed by atoms with Crippen LogP contribution in [0.4, 0.5) is 5.95 Å². The lowest BCUT2D eigenvalue weighted by molar-refractivity contribution is 0.205. The van der Waals surface area contributed by atoms with Crippen molar-refractivity contribution >= 4 is 33.3 Å². The van der Waals surface area contributed by atoms with Crippen molar-refractivity contribution in [1.82, 2.24) is 29.0 Å². The zero-order valence-electron chi connectivity index (χ0n) is 20.2. The molecule has 0 unspecified atom stereocenters. The first-order valence-electron chi connectivity index (χ1n) is 12.4. The smallest absolute Gasteiger partial charge is 0.309 e. The van der Waals surface area contributed by atoms with Gasteiger partial charge in [-0.3, -0.25) is 9.36 Å². The highest BCUT2D eigenvalue weighted by atomic mass is 32.1. The van der Waals surface area contributed by atoms with E-state index in [1.54, 1.807) is 23.0 Å². The Morgan fingerprint density at radius 1 is 1.08 bits per heavy atom. The molecule has 5 aromatic rings. The molecule has 0 bridgehead atoms. The van der Waals surface area contributed by atoms with Crippen LogP contribution in [0.5, 0.6) is 5.75 Å². The molecular formula is C25H28N8O3S. The number of hydrogen-bond donors (Lipinski definition) is 2. The van der Waals surface area contributed by atoms with Gasteiger partial charge in [0.25, 0.3) is 0 Å². The number of fused-ring (bicyclic) bond motifs is 3. The van der Waals surface area contributed by atoms with Crippen LogP contribution in [0.15, 0.2) is 51.9 Å². The molecule has 0 amide bonds. The fourth-order valence-corrected chi connectivity index (χ4v) is 5.81. The van der Waals surface area contributed by atoms with Gasteiger partial charge in [0.05, 0.1) is 6.26 Å². The lowest BCUT2D eigenvalue weighted by Gasteiger charge is -2.32. The van der Waals surface area contributed by atoms with Crippen molar-refractivity contribution in [2.24, 2.45) is 5.73 Å². The molecule has 4 N–H and O–H groups in total. The topological polar surface area (TPSA) is 143 Å². The summed E-state index contributed by atoms with van der Waals surface area (Å²) in [5.41, 5.74) is 14.1. The minimum absolute atomic E-state index is 0.0793. The van der Waals surface area contributed by atoms with E-state index < -0.39 is 0 Å². The minimum Gasteiger partial charge on any atom is -0.492 e. The van der Waals surface area contributed by atoms with Crippen LogP contribution >= 0.6 is 11.3 Å². The number of piperidine rings is 1. The van der Waals surface area contributed by atoms with Crippen molar-refractivity contribution in [2.45, 2.75) is 25.3 Å². The number of furan rings is 1. The first-order chi connectivity index (χ1) is 18.1. The third-order valence-electron chi connectivity index (χ3n) is 6.82. The van der Waals surface area contributed by atoms with E-state index in [-0.39, 0.29) is 10.8 Å². The average molecular weight is 521 g/mol. The van der Waals surface area contributed by atoms with E-state index in [0.29, 0.717) is 53.2 Å². The summed E-state index contributed by atoms with van der Waals surface area (Å²) in [6.45, 7) is 4.29. The summed E-state index contributed by atoms with van der Waals surface area (Å²) >= 11 is 1.12. The number of thiazole rings is 1. The van der Waals surface area contributed by atoms with Gasteiger partial charge >= 0.3 is 4.87 Å². The lowest BCUT2D eigenvalue weighted by atomic mass is 9.89. The number of benzene rings is 1. The minimum atomic E-state index is -0.0793. The van der Waals surface area contributed by atoms with E-state index in [0.717, 1.165) is 49.6 Å². The van der Waals surface area contributed by atoms with Crippen molar-refractivity contribution in [3.05, 3.63) is 57.9 Å². The molecule has 1 aliphatic heterocycles. The Balaban J connectivity index is 1.14. The Bertz CT molecular complexity index is 1560. The molecular weight excluding hydrogens is 492 g/mol. The molecule has 1 fully saturated rings. The quantitative estimate of drug-likeness (QED) is 0.315. The van der Waals surface area contributed by atoms with E-state index in [2.05, 4.69) is 32.1 Å². The van der Waals surface area contributed by atoms with Crippen molar-refractivity contribution in [1.29, 1.82) is 0 Å². The predicted molar refractivity (Wildman–Crippen MR) is 142 cm³/mol. The second-order valence-electron chi connectivity index (χ2n) is 9.11. The molecule has 0 atom stereocenters. The molecule has 12 heteroatoms. The number of aromatic nitrogens is 5. The van der Waals surface area contributed by atoms with Crippen LogP contribution in [-0.4, -0.2) is 61.8 Å². The van der Waals surface area contributed by atoms with Crippen molar-refractivity contribution < 1.29 is 9.15 Å². The normalized spacial score (nSPS) is 15.2. The van der Waals surface area contributed by atoms with Crippen LogP contribution in [0.3, 0.4) is 0 Å². The average Bonchev–Trinajstić information content (AvgIpc) is 3.66. The lowest BCUT2D eigenvalue weighted by Crippen LogP contribution is -2.36. The summed E-state index contributed by atoms with van der Waals surface area (Å²) < 4.78 is 14.8. The highest BCUT2D eigenvalue weighted by molar-refractivity contribution is 7.17. The maximum Gasteiger partial charge on any atom is 0.309 e. The standard InChI is InChI=1S/C25H28N8O3S/c26-9-15-35-18-5-3-16(4-6-18)17-7-10-31(11-8-17)12-13-32-22-20(37-25(32)34)23-28-21(19-2-1-14-36-19)30-33(23)24(27)29-22/h1-6,14,17H,7-13,15,26H2,(H2,27,29). The fraction of sp³-hybridized carbons (Fsp3) is 0.360. The molecule has 37 heavy (non-hydrogen) atoms. The first-order valence-corrected chi connectivity index (χ1v) is 13.2. The molecule has 0 spiro atoms. The Kier molecular flexibility index (Phi) is 6.37. The Hall–Kier alpha value is -3.74. The number of hydrogen-bond acceptors (Lipinski definition) is 10. The van der Waals surface area contributed by atoms with Crippen molar-refractivity contribution in [3.63, 3.8) is 0 Å². The van der Waals surface area contributed by atoms with E-state index in [4.69, 9.17) is 20.6 Å². The summed E-state index contributed by atoms with van der Waals surface area (Å²) in [7, 11) is 0. The third kappa shape index (κ3) is 4.59. The summed E-state index contributed by atoms with van der Waals surface area (Å²) in [6.07, 6.45) is 3.71. The van der Waals surface area contributed by atoms with Crippen LogP contribution in [0.25, 0.3) is 27.6 Å². The van der Waals surface area contributed by atoms with Gasteiger partial charge < -0.3 is 25.5 Å². The van der Waals surface area contributed by atoms with Crippen LogP contribution < -0.4 is 21.1 Å². The Morgan fingerprint density at radius 2 is 1.89 bits per heavy atom. The Labute approximate surface area is 216 Å². The van der Waals surface area contributed by atoms with Gasteiger partial charge in [0.1, 0.15) is 17.1 Å². The van der Waals surface area contributed by atoms with E-state index >= 15 is 0 Å². The molecule has 0 saturated carbocycles. The number of nitrogen functional groups attached to an aromatic ring is 1. The molecule has 0 radical (unpaired) electrons. The molecule has 1 aliphatic rings. The van der Waals surface area contributed by atoms with Gasteiger partial charge in [0.2, 0.25) is 11.8 Å². The van der Waals surface area contributed by atoms with Crippen molar-refractivity contribution in [2.75, 3.05) is 38.5 Å². The molecule has 1 aromatic carbocycles. The van der Waals surface area contributed by atoms with Crippen molar-refractivity contribution in [3.8, 4) is 17.3 Å². The Morgan fingerprint density at radius 3 is 2.62 bits per heavy atom. The molecule has 5 heterocycles. The number of anilines is 1. The number of ether oxygens (including phenoxy) is 1. The third-order valence-corrected chi connectivity index (χ3v) is 7.79. The highest BCUT2D eigenvalue weighted by Crippen LogP contribution is 2.30. The van der Waals surface area contributed by atoms with Crippen LogP contribution in [-0.2, 0) is 6.54 Å². The van der Waals surface area contributed by atoms with Gasteiger partial charge in [-0.2, -0.15) is 9.50 Å². The van der Waals surface area contributed by atoms with Crippen LogP contribution in [0.2, 0.25) is 0 Å². The second kappa shape index (κ2) is 9.96. The largest absolute Gasteiger partial charge is 0.492 e. The predicted octanol–water partition coefficient (Wildman–Crippen LogP) is 2.56. The van der Waals surface area contributed by atoms with Gasteiger partial charge in [0.15, 0.2) is 17.1 Å². The maximum absolute atomic E-state index is 12.9. The van der Waals surface area contributed by atoms with E-state index in [1.807, 2.05) is 12.1 Å². The van der Waals surface area contributed by atoms with Gasteiger partial charge in [0, 0.05) is 19.6 Å². The maximum atomic E-state index is 12.9. The summed E-state index contributed by atoms with van der Waals surface area (Å²) in [4.78, 5) is 24.3. The number of likely N-dealkylation sites (tertiary alicyclic amines) is 1. The molecule has 0 aliphatic carbocycles. The molecule has 192 valence electrons. The molecule has 4 aromatic heterocycles. The summed E-state index contributed by atoms with van der Waals surface area (Å²) in [5, 5.41) is 4.41. The summed E-state index contributed by atoms with van der Waals surface area (Å²) in [6, 6.07) is 11.9. The number of nitrogens with zero attached hydrogens (tertiary/aromatic N) is 6. The zero-order valence-corrected chi connectivity index (χ0v) is 21.1. The first kappa shape index (κ1) is 23.6. The number of nitrogens with two attached hydrogens (primary N) is 2. The monoisotopic (exact) mass is 520 g/mol. The van der Waals surface area contributed by atoms with E-state index in [1.165, 1.54) is 10.1 Å². The van der Waals surface area contributed by atoms with Gasteiger partial charge in [-0.1, -0.05) is 23.5 Å². The van der Waals surface area contributed by atoms with Gasteiger partial charge in [-0.05, 0) is 61.7 Å². The molecule has 11 nitrogen and oxygen atoms in total. The number of rotatable bonds is 8. The SMILES string of the molecule is NCCOc1ccc(C2CCN(CCn3c(=O)sc4c3nc(N)n3nc(-c5ccco5)nc43)CC2)cc1. The molecule has 6 rings (SSSR count). The van der Waals surface area contributed by atoms with Crippen LogP contribution in [0.1, 0.15) is 24.3 Å². The zero-order chi connectivity index (χ0) is 25.4. The van der Waals surface area contributed by atoms with Gasteiger partial charge in [-0.25, -0.2) is 4.98 Å². The highest BCUT2D eigenvalue weighted by Gasteiger charge is 2.23. The van der Waals surface area contributed by atoms with E-state index in [9.17, 15) is 4.79 Å². The summed E-state index contributed by atoms with van der Waals surface area (Å²) in [5.74, 6) is 2.49.